The van der Waals surface area contributed by atoms with Gasteiger partial charge in [-0.25, -0.2) is 0 Å². The first-order chi connectivity index (χ1) is 6.41. The van der Waals surface area contributed by atoms with E-state index in [0.29, 0.717) is 0 Å². The van der Waals surface area contributed by atoms with Gasteiger partial charge in [-0.15, -0.1) is 0 Å². The Hall–Kier alpha value is -0.0400. The summed E-state index contributed by atoms with van der Waals surface area (Å²) in [5, 5.41) is 0. The van der Waals surface area contributed by atoms with Crippen molar-refractivity contribution in [2.75, 3.05) is 13.2 Å². The summed E-state index contributed by atoms with van der Waals surface area (Å²) in [6.07, 6.45) is 10.8. The lowest BCUT2D eigenvalue weighted by atomic mass is 10.1. The fourth-order valence-electron chi connectivity index (χ4n) is 1.41. The van der Waals surface area contributed by atoms with Gasteiger partial charge in [0.15, 0.2) is 0 Å². The molecule has 0 aromatic carbocycles. The molecule has 0 aromatic heterocycles. The van der Waals surface area contributed by atoms with Crippen molar-refractivity contribution in [3.8, 4) is 0 Å². The van der Waals surface area contributed by atoms with Crippen LogP contribution in [0.4, 0.5) is 0 Å². The van der Waals surface area contributed by atoms with E-state index in [0.717, 1.165) is 19.6 Å². The van der Waals surface area contributed by atoms with E-state index in [-0.39, 0.29) is 0 Å². The normalized spacial score (nSPS) is 10.6. The summed E-state index contributed by atoms with van der Waals surface area (Å²) in [4.78, 5) is 0. The molecular weight excluding hydrogens is 160 g/mol. The van der Waals surface area contributed by atoms with E-state index in [1.54, 1.807) is 0 Å². The van der Waals surface area contributed by atoms with Crippen LogP contribution in [0.15, 0.2) is 0 Å². The topological polar surface area (TPSA) is 9.23 Å². The molecule has 0 aliphatic rings. The second-order valence-electron chi connectivity index (χ2n) is 3.73. The molecule has 0 saturated carbocycles. The van der Waals surface area contributed by atoms with Gasteiger partial charge in [-0.3, -0.25) is 0 Å². The van der Waals surface area contributed by atoms with Gasteiger partial charge in [-0.05, 0) is 12.8 Å². The highest BCUT2D eigenvalue weighted by atomic mass is 16.5. The Balaban J connectivity index is 2.76. The largest absolute Gasteiger partial charge is 0.381 e. The molecule has 0 aromatic rings. The lowest BCUT2D eigenvalue weighted by molar-refractivity contribution is 0.130. The molecule has 0 radical (unpaired) electrons. The monoisotopic (exact) mass is 186 g/mol. The van der Waals surface area contributed by atoms with Gasteiger partial charge in [0.05, 0.1) is 0 Å². The van der Waals surface area contributed by atoms with Crippen LogP contribution in [0, 0.1) is 0 Å². The molecule has 0 amide bonds. The third-order valence-corrected chi connectivity index (χ3v) is 2.24. The average molecular weight is 186 g/mol. The van der Waals surface area contributed by atoms with Crippen LogP contribution in [-0.4, -0.2) is 13.2 Å². The molecule has 0 unspecified atom stereocenters. The Kier molecular flexibility index (Phi) is 11.9. The van der Waals surface area contributed by atoms with Gasteiger partial charge in [-0.2, -0.15) is 0 Å². The fourth-order valence-corrected chi connectivity index (χ4v) is 1.41. The minimum absolute atomic E-state index is 0.940. The van der Waals surface area contributed by atoms with Crippen LogP contribution in [0.5, 0.6) is 0 Å². The third kappa shape index (κ3) is 12.0. The Morgan fingerprint density at radius 3 is 1.85 bits per heavy atom. The highest BCUT2D eigenvalue weighted by Crippen LogP contribution is 2.06. The van der Waals surface area contributed by atoms with Crippen LogP contribution in [0.3, 0.4) is 0 Å². The van der Waals surface area contributed by atoms with Crippen molar-refractivity contribution in [1.82, 2.24) is 0 Å². The SMILES string of the molecule is CCCCCCCCCOCCC. The van der Waals surface area contributed by atoms with Crippen molar-refractivity contribution in [2.45, 2.75) is 65.2 Å². The third-order valence-electron chi connectivity index (χ3n) is 2.24. The molecule has 0 N–H and O–H groups in total. The number of unbranched alkanes of at least 4 members (excludes halogenated alkanes) is 6. The minimum atomic E-state index is 0.940. The summed E-state index contributed by atoms with van der Waals surface area (Å²) in [6, 6.07) is 0. The van der Waals surface area contributed by atoms with Crippen molar-refractivity contribution >= 4 is 0 Å². The molecule has 0 atom stereocenters. The first-order valence-electron chi connectivity index (χ1n) is 5.99. The molecular formula is C12H26O. The molecule has 1 nitrogen and oxygen atoms in total. The Bertz CT molecular complexity index is 71.2. The van der Waals surface area contributed by atoms with E-state index >= 15 is 0 Å². The van der Waals surface area contributed by atoms with Crippen LogP contribution in [0.25, 0.3) is 0 Å². The molecule has 0 bridgehead atoms. The summed E-state index contributed by atoms with van der Waals surface area (Å²) < 4.78 is 5.41. The standard InChI is InChI=1S/C12H26O/c1-3-5-6-7-8-9-10-12-13-11-4-2/h3-12H2,1-2H3. The smallest absolute Gasteiger partial charge is 0.0466 e. The first kappa shape index (κ1) is 13.0. The van der Waals surface area contributed by atoms with Crippen LogP contribution in [-0.2, 0) is 4.74 Å². The van der Waals surface area contributed by atoms with Crippen molar-refractivity contribution in [3.05, 3.63) is 0 Å². The van der Waals surface area contributed by atoms with Gasteiger partial charge in [0.1, 0.15) is 0 Å². The zero-order chi connectivity index (χ0) is 9.78. The second kappa shape index (κ2) is 12.0. The van der Waals surface area contributed by atoms with Crippen molar-refractivity contribution < 1.29 is 4.74 Å². The first-order valence-corrected chi connectivity index (χ1v) is 5.99. The molecule has 1 heteroatoms. The van der Waals surface area contributed by atoms with Crippen LogP contribution < -0.4 is 0 Å². The van der Waals surface area contributed by atoms with E-state index in [1.807, 2.05) is 0 Å². The number of hydrogen-bond donors (Lipinski definition) is 0. The van der Waals surface area contributed by atoms with Gasteiger partial charge in [0.25, 0.3) is 0 Å². The van der Waals surface area contributed by atoms with Gasteiger partial charge in [0, 0.05) is 13.2 Å². The molecule has 80 valence electrons. The van der Waals surface area contributed by atoms with Gasteiger partial charge in [0.2, 0.25) is 0 Å². The van der Waals surface area contributed by atoms with Crippen molar-refractivity contribution in [3.63, 3.8) is 0 Å². The summed E-state index contributed by atoms with van der Waals surface area (Å²) in [7, 11) is 0. The minimum Gasteiger partial charge on any atom is -0.381 e. The maximum Gasteiger partial charge on any atom is 0.0466 e. The van der Waals surface area contributed by atoms with E-state index in [2.05, 4.69) is 13.8 Å². The molecule has 0 spiro atoms. The fraction of sp³-hybridized carbons (Fsp3) is 1.00. The molecule has 0 saturated heterocycles. The average Bonchev–Trinajstić information content (AvgIpc) is 2.16. The van der Waals surface area contributed by atoms with E-state index in [9.17, 15) is 0 Å². The van der Waals surface area contributed by atoms with Crippen molar-refractivity contribution in [2.24, 2.45) is 0 Å². The zero-order valence-electron chi connectivity index (χ0n) is 9.48. The van der Waals surface area contributed by atoms with Crippen LogP contribution in [0.1, 0.15) is 65.2 Å². The number of ether oxygens (including phenoxy) is 1. The zero-order valence-corrected chi connectivity index (χ0v) is 9.48. The second-order valence-corrected chi connectivity index (χ2v) is 3.73. The maximum atomic E-state index is 5.41. The summed E-state index contributed by atoms with van der Waals surface area (Å²) in [5.74, 6) is 0. The predicted molar refractivity (Wildman–Crippen MR) is 59.1 cm³/mol. The van der Waals surface area contributed by atoms with E-state index in [4.69, 9.17) is 4.74 Å². The summed E-state index contributed by atoms with van der Waals surface area (Å²) in [6.45, 7) is 6.33. The molecule has 0 fully saturated rings. The Labute approximate surface area is 83.9 Å². The summed E-state index contributed by atoms with van der Waals surface area (Å²) in [5.41, 5.74) is 0. The van der Waals surface area contributed by atoms with Gasteiger partial charge >= 0.3 is 0 Å². The number of hydrogen-bond acceptors (Lipinski definition) is 1. The highest BCUT2D eigenvalue weighted by molar-refractivity contribution is 4.44. The van der Waals surface area contributed by atoms with Crippen LogP contribution >= 0.6 is 0 Å². The van der Waals surface area contributed by atoms with E-state index < -0.39 is 0 Å². The molecule has 0 aliphatic carbocycles. The van der Waals surface area contributed by atoms with E-state index in [1.165, 1.54) is 44.9 Å². The lowest BCUT2D eigenvalue weighted by Gasteiger charge is -2.02. The molecule has 0 aliphatic heterocycles. The lowest BCUT2D eigenvalue weighted by Crippen LogP contribution is -1.95. The Morgan fingerprint density at radius 2 is 1.23 bits per heavy atom. The molecule has 0 rings (SSSR count). The molecule has 0 heterocycles. The maximum absolute atomic E-state index is 5.41. The highest BCUT2D eigenvalue weighted by Gasteiger charge is 1.90. The van der Waals surface area contributed by atoms with Crippen molar-refractivity contribution in [1.29, 1.82) is 0 Å². The predicted octanol–water partition coefficient (Wildman–Crippen LogP) is 4.16. The summed E-state index contributed by atoms with van der Waals surface area (Å²) >= 11 is 0. The van der Waals surface area contributed by atoms with Gasteiger partial charge < -0.3 is 4.74 Å². The van der Waals surface area contributed by atoms with Gasteiger partial charge in [-0.1, -0.05) is 52.4 Å². The number of rotatable bonds is 10. The van der Waals surface area contributed by atoms with Crippen LogP contribution in [0.2, 0.25) is 0 Å². The Morgan fingerprint density at radius 1 is 0.615 bits per heavy atom. The molecule has 13 heavy (non-hydrogen) atoms. The quantitative estimate of drug-likeness (QED) is 0.465.